The largest absolute Gasteiger partial charge is 0.778 e. The van der Waals surface area contributed by atoms with E-state index in [1.54, 1.807) is 20.8 Å². The first-order valence-corrected chi connectivity index (χ1v) is 21.4. The molecule has 1 rings (SSSR count). The molecule has 1 saturated carbocycles. The van der Waals surface area contributed by atoms with Gasteiger partial charge in [0, 0.05) is 62.0 Å². The van der Waals surface area contributed by atoms with Crippen LogP contribution in [0.5, 0.6) is 0 Å². The van der Waals surface area contributed by atoms with E-state index in [2.05, 4.69) is 33.7 Å². The summed E-state index contributed by atoms with van der Waals surface area (Å²) in [7, 11) is -4.20. The molecule has 0 heterocycles. The first-order valence-electron chi connectivity index (χ1n) is 19.8. The minimum Gasteiger partial charge on any atom is -0.778 e. The van der Waals surface area contributed by atoms with Crippen molar-refractivity contribution in [2.24, 2.45) is 5.92 Å². The van der Waals surface area contributed by atoms with Crippen LogP contribution in [0, 0.1) is 42.9 Å². The van der Waals surface area contributed by atoms with E-state index in [0.29, 0.717) is 52.7 Å². The third-order valence-corrected chi connectivity index (χ3v) is 11.3. The van der Waals surface area contributed by atoms with Crippen LogP contribution < -0.4 is 20.8 Å². The van der Waals surface area contributed by atoms with Gasteiger partial charge in [0.1, 0.15) is 33.2 Å². The van der Waals surface area contributed by atoms with Crippen molar-refractivity contribution >= 4 is 31.1 Å². The van der Waals surface area contributed by atoms with Gasteiger partial charge in [-0.05, 0) is 38.5 Å². The number of Topliss-reactive ketones (excluding diaryl/α,β-unsaturated/α-hetero) is 1. The molecule has 0 aromatic heterocycles. The maximum Gasteiger partial charge on any atom is 0.223 e. The Morgan fingerprint density at radius 3 is 1.53 bits per heavy atom. The molecular formula is C41H65N3O13P-. The lowest BCUT2D eigenvalue weighted by Crippen LogP contribution is -2.54. The van der Waals surface area contributed by atoms with E-state index in [1.165, 1.54) is 0 Å². The van der Waals surface area contributed by atoms with Crippen molar-refractivity contribution in [1.29, 1.82) is 0 Å². The number of rotatable bonds is 35. The van der Waals surface area contributed by atoms with Crippen LogP contribution in [0.2, 0.25) is 0 Å². The molecule has 1 aliphatic rings. The number of terminal acetylenes is 3. The summed E-state index contributed by atoms with van der Waals surface area (Å²) in [4.78, 5) is 65.7. The lowest BCUT2D eigenvalue weighted by atomic mass is 9.78. The Balaban J connectivity index is 3.02. The van der Waals surface area contributed by atoms with Gasteiger partial charge in [0.05, 0.1) is 59.0 Å². The predicted octanol–water partition coefficient (Wildman–Crippen LogP) is 1.91. The number of hydrogen-bond acceptors (Lipinski definition) is 13. The molecular weight excluding hydrogens is 773 g/mol. The maximum atomic E-state index is 13.8. The molecule has 0 radical (unpaired) electrons. The molecule has 1 fully saturated rings. The van der Waals surface area contributed by atoms with Crippen LogP contribution in [0.15, 0.2) is 0 Å². The molecule has 3 amide bonds. The lowest BCUT2D eigenvalue weighted by molar-refractivity contribution is -0.212. The van der Waals surface area contributed by atoms with E-state index in [1.807, 2.05) is 0 Å². The summed E-state index contributed by atoms with van der Waals surface area (Å²) in [5, 5.41) is 7.61. The van der Waals surface area contributed by atoms with E-state index < -0.39 is 30.3 Å². The minimum absolute atomic E-state index is 0.0199. The third kappa shape index (κ3) is 24.6. The Kier molecular flexibility index (Phi) is 27.9. The molecule has 58 heavy (non-hydrogen) atoms. The van der Waals surface area contributed by atoms with Crippen molar-refractivity contribution in [3.63, 3.8) is 0 Å². The van der Waals surface area contributed by atoms with Gasteiger partial charge in [-0.2, -0.15) is 0 Å². The second-order valence-electron chi connectivity index (χ2n) is 14.8. The van der Waals surface area contributed by atoms with Crippen LogP contribution in [0.25, 0.3) is 0 Å². The molecule has 1 unspecified atom stereocenters. The summed E-state index contributed by atoms with van der Waals surface area (Å²) in [6.07, 6.45) is 16.3. The topological polar surface area (TPSA) is 209 Å². The number of amides is 3. The third-order valence-electron chi connectivity index (χ3n) is 9.06. The lowest BCUT2D eigenvalue weighted by Gasteiger charge is -2.44. The number of hydrogen-bond donors (Lipinski definition) is 3. The Labute approximate surface area is 345 Å². The molecule has 0 spiro atoms. The SMILES string of the molecule is C#CCOCCOCCCC(=O)CCC(CCC(=O)NCCOCCOCC#C)(CCC(=O)NCCOCCOCC#C)NC(=O)C1CC(OP(=O)([O-])C(C)(C)C)C1. The summed E-state index contributed by atoms with van der Waals surface area (Å²) >= 11 is 0. The fraction of sp³-hybridized carbons (Fsp3) is 0.756. The number of carbonyl (C=O) groups is 4. The van der Waals surface area contributed by atoms with Gasteiger partial charge in [-0.1, -0.05) is 38.5 Å². The number of ether oxygens (including phenoxy) is 6. The number of carbonyl (C=O) groups excluding carboxylic acids is 4. The number of ketones is 1. The monoisotopic (exact) mass is 838 g/mol. The molecule has 0 saturated heterocycles. The molecule has 328 valence electrons. The van der Waals surface area contributed by atoms with Gasteiger partial charge in [0.2, 0.25) is 17.7 Å². The highest BCUT2D eigenvalue weighted by atomic mass is 31.2. The van der Waals surface area contributed by atoms with Crippen molar-refractivity contribution in [3.05, 3.63) is 0 Å². The molecule has 0 aromatic carbocycles. The highest BCUT2D eigenvalue weighted by molar-refractivity contribution is 7.53. The van der Waals surface area contributed by atoms with Crippen molar-refractivity contribution in [1.82, 2.24) is 16.0 Å². The second kappa shape index (κ2) is 30.7. The van der Waals surface area contributed by atoms with Gasteiger partial charge in [0.15, 0.2) is 0 Å². The quantitative estimate of drug-likeness (QED) is 0.0474. The van der Waals surface area contributed by atoms with E-state index in [9.17, 15) is 28.6 Å². The van der Waals surface area contributed by atoms with Crippen LogP contribution in [0.4, 0.5) is 0 Å². The Bertz CT molecular complexity index is 1280. The zero-order valence-electron chi connectivity index (χ0n) is 34.6. The second-order valence-corrected chi connectivity index (χ2v) is 17.3. The van der Waals surface area contributed by atoms with Gasteiger partial charge in [-0.25, -0.2) is 0 Å². The van der Waals surface area contributed by atoms with E-state index >= 15 is 0 Å². The standard InChI is InChI=1S/C41H66N3O13P/c1-7-20-51-26-29-54-23-10-11-35(45)12-15-41(16-13-37(46)42-18-24-55-30-27-52-21-8-2,17-14-38(47)43-19-25-56-31-28-53-22-9-3)44-39(48)34-32-36(33-34)57-58(49,50)40(4,5)6/h1-3,34,36H,10-33H2,4-6H3,(H,42,46)(H,43,47)(H,44,48)(H,49,50)/p-1. The van der Waals surface area contributed by atoms with Gasteiger partial charge >= 0.3 is 0 Å². The van der Waals surface area contributed by atoms with E-state index in [-0.39, 0.29) is 127 Å². The predicted molar refractivity (Wildman–Crippen MR) is 215 cm³/mol. The molecule has 3 N–H and O–H groups in total. The Morgan fingerprint density at radius 1 is 0.655 bits per heavy atom. The average molecular weight is 839 g/mol. The fourth-order valence-corrected chi connectivity index (χ4v) is 6.36. The van der Waals surface area contributed by atoms with Crippen LogP contribution >= 0.6 is 7.60 Å². The van der Waals surface area contributed by atoms with E-state index in [0.717, 1.165) is 0 Å². The Morgan fingerprint density at radius 2 is 1.09 bits per heavy atom. The zero-order chi connectivity index (χ0) is 43.1. The van der Waals surface area contributed by atoms with Gasteiger partial charge < -0.3 is 58.4 Å². The van der Waals surface area contributed by atoms with Crippen LogP contribution in [0.3, 0.4) is 0 Å². The zero-order valence-corrected chi connectivity index (χ0v) is 35.5. The maximum absolute atomic E-state index is 13.8. The first kappa shape index (κ1) is 52.7. The summed E-state index contributed by atoms with van der Waals surface area (Å²) in [5.74, 6) is 5.49. The summed E-state index contributed by atoms with van der Waals surface area (Å²) in [6.45, 7) is 8.38. The fourth-order valence-electron chi connectivity index (χ4n) is 5.48. The molecule has 1 aliphatic carbocycles. The van der Waals surface area contributed by atoms with Gasteiger partial charge in [-0.3, -0.25) is 19.2 Å². The van der Waals surface area contributed by atoms with Crippen molar-refractivity contribution in [3.8, 4) is 37.0 Å². The molecule has 0 bridgehead atoms. The van der Waals surface area contributed by atoms with Crippen molar-refractivity contribution < 1.29 is 61.6 Å². The summed E-state index contributed by atoms with van der Waals surface area (Å²) in [6, 6.07) is 0. The first-order chi connectivity index (χ1) is 27.7. The number of nitrogens with one attached hydrogen (secondary N) is 3. The van der Waals surface area contributed by atoms with Gasteiger partial charge in [-0.15, -0.1) is 19.3 Å². The smallest absolute Gasteiger partial charge is 0.223 e. The van der Waals surface area contributed by atoms with Crippen molar-refractivity contribution in [2.75, 3.05) is 92.4 Å². The molecule has 0 aliphatic heterocycles. The highest BCUT2D eigenvalue weighted by Gasteiger charge is 2.42. The minimum atomic E-state index is -4.20. The van der Waals surface area contributed by atoms with E-state index in [4.69, 9.17) is 52.2 Å². The molecule has 0 aromatic rings. The highest BCUT2D eigenvalue weighted by Crippen LogP contribution is 2.54. The van der Waals surface area contributed by atoms with Gasteiger partial charge in [0.25, 0.3) is 0 Å². The summed E-state index contributed by atoms with van der Waals surface area (Å²) < 4.78 is 50.0. The molecule has 17 heteroatoms. The van der Waals surface area contributed by atoms with Crippen LogP contribution in [-0.4, -0.2) is 133 Å². The summed E-state index contributed by atoms with van der Waals surface area (Å²) in [5.41, 5.74) is -1.13. The van der Waals surface area contributed by atoms with Crippen molar-refractivity contribution in [2.45, 2.75) is 102 Å². The normalized spacial score (nSPS) is 16.2. The molecule has 1 atom stereocenters. The van der Waals surface area contributed by atoms with Crippen LogP contribution in [-0.2, 0) is 56.7 Å². The van der Waals surface area contributed by atoms with Crippen LogP contribution in [0.1, 0.15) is 85.0 Å². The Hall–Kier alpha value is -3.33. The average Bonchev–Trinajstić information content (AvgIpc) is 3.16. The molecule has 16 nitrogen and oxygen atoms in total.